The number of fused-ring (bicyclic) bond motifs is 6. The summed E-state index contributed by atoms with van der Waals surface area (Å²) in [6.45, 7) is 4.64. The molecular formula is C49H42FN. The van der Waals surface area contributed by atoms with E-state index in [9.17, 15) is 0 Å². The number of hydrogen-bond acceptors (Lipinski definition) is 1. The average molecular weight is 664 g/mol. The minimum absolute atomic E-state index is 0.143. The highest BCUT2D eigenvalue weighted by atomic mass is 19.1. The molecule has 0 aromatic heterocycles. The molecule has 0 aliphatic heterocycles. The first kappa shape index (κ1) is 29.7. The molecule has 51 heavy (non-hydrogen) atoms. The summed E-state index contributed by atoms with van der Waals surface area (Å²) in [5.41, 5.74) is 16.5. The van der Waals surface area contributed by atoms with Crippen molar-refractivity contribution >= 4 is 17.1 Å². The van der Waals surface area contributed by atoms with Crippen molar-refractivity contribution in [2.24, 2.45) is 23.7 Å². The third kappa shape index (κ3) is 4.02. The molecule has 4 bridgehead atoms. The first-order chi connectivity index (χ1) is 24.9. The molecule has 0 heterocycles. The zero-order valence-corrected chi connectivity index (χ0v) is 29.4. The van der Waals surface area contributed by atoms with Crippen LogP contribution in [0.5, 0.6) is 0 Å². The fourth-order valence-electron chi connectivity index (χ4n) is 12.1. The average Bonchev–Trinajstić information content (AvgIpc) is 3.56. The number of halogens is 1. The predicted octanol–water partition coefficient (Wildman–Crippen LogP) is 13.0. The summed E-state index contributed by atoms with van der Waals surface area (Å²) in [6.07, 6.45) is 7.00. The van der Waals surface area contributed by atoms with Gasteiger partial charge in [0.05, 0.1) is 5.69 Å². The summed E-state index contributed by atoms with van der Waals surface area (Å²) in [5, 5.41) is 0. The highest BCUT2D eigenvalue weighted by Crippen LogP contribution is 2.69. The van der Waals surface area contributed by atoms with Gasteiger partial charge in [-0.1, -0.05) is 105 Å². The van der Waals surface area contributed by atoms with Crippen LogP contribution in [0, 0.1) is 29.5 Å². The number of rotatable bonds is 4. The van der Waals surface area contributed by atoms with Crippen LogP contribution in [0.25, 0.3) is 33.4 Å². The lowest BCUT2D eigenvalue weighted by Crippen LogP contribution is -2.55. The second kappa shape index (κ2) is 10.5. The topological polar surface area (TPSA) is 3.24 Å². The molecular weight excluding hydrogens is 622 g/mol. The minimum atomic E-state index is -0.237. The Morgan fingerprint density at radius 1 is 0.490 bits per heavy atom. The summed E-state index contributed by atoms with van der Waals surface area (Å²) in [6, 6.07) is 48.1. The Balaban J connectivity index is 1.08. The number of para-hydroxylation sites is 1. The summed E-state index contributed by atoms with van der Waals surface area (Å²) in [7, 11) is 0. The van der Waals surface area contributed by atoms with E-state index < -0.39 is 0 Å². The number of anilines is 3. The van der Waals surface area contributed by atoms with Gasteiger partial charge in [0.25, 0.3) is 0 Å². The van der Waals surface area contributed by atoms with E-state index in [2.05, 4.69) is 128 Å². The van der Waals surface area contributed by atoms with Gasteiger partial charge in [-0.15, -0.1) is 0 Å². The number of benzene rings is 6. The van der Waals surface area contributed by atoms with Crippen LogP contribution >= 0.6 is 0 Å². The molecule has 6 aliphatic carbocycles. The number of hydrogen-bond donors (Lipinski definition) is 0. The van der Waals surface area contributed by atoms with Crippen molar-refractivity contribution in [3.05, 3.63) is 162 Å². The van der Waals surface area contributed by atoms with E-state index in [1.807, 2.05) is 12.1 Å². The monoisotopic (exact) mass is 663 g/mol. The van der Waals surface area contributed by atoms with Crippen molar-refractivity contribution in [2.75, 3.05) is 4.90 Å². The Morgan fingerprint density at radius 3 is 1.84 bits per heavy atom. The van der Waals surface area contributed by atoms with Crippen molar-refractivity contribution in [1.82, 2.24) is 0 Å². The molecule has 0 N–H and O–H groups in total. The molecule has 0 radical (unpaired) electrons. The third-order valence-electron chi connectivity index (χ3n) is 13.9. The van der Waals surface area contributed by atoms with Crippen molar-refractivity contribution in [2.45, 2.75) is 56.8 Å². The van der Waals surface area contributed by atoms with Gasteiger partial charge in [0.1, 0.15) is 5.82 Å². The van der Waals surface area contributed by atoms with Gasteiger partial charge in [-0.25, -0.2) is 4.39 Å². The minimum Gasteiger partial charge on any atom is -0.310 e. The fourth-order valence-corrected chi connectivity index (χ4v) is 12.1. The lowest BCUT2D eigenvalue weighted by atomic mass is 9.43. The molecule has 0 atom stereocenters. The van der Waals surface area contributed by atoms with Gasteiger partial charge >= 0.3 is 0 Å². The molecule has 12 rings (SSSR count). The lowest BCUT2D eigenvalue weighted by molar-refractivity contribution is -0.0399. The van der Waals surface area contributed by atoms with Crippen LogP contribution in [0.1, 0.15) is 68.2 Å². The van der Waals surface area contributed by atoms with Crippen LogP contribution in [0.2, 0.25) is 0 Å². The molecule has 250 valence electrons. The maximum absolute atomic E-state index is 15.1. The van der Waals surface area contributed by atoms with Crippen LogP contribution in [0.15, 0.2) is 133 Å². The highest BCUT2D eigenvalue weighted by Gasteiger charge is 2.61. The van der Waals surface area contributed by atoms with Crippen molar-refractivity contribution in [1.29, 1.82) is 0 Å². The normalized spacial score (nSPS) is 25.4. The van der Waals surface area contributed by atoms with E-state index in [1.54, 1.807) is 17.2 Å². The van der Waals surface area contributed by atoms with Gasteiger partial charge < -0.3 is 4.90 Å². The van der Waals surface area contributed by atoms with Gasteiger partial charge in [0.15, 0.2) is 0 Å². The molecule has 0 unspecified atom stereocenters. The van der Waals surface area contributed by atoms with Crippen LogP contribution in [-0.4, -0.2) is 0 Å². The SMILES string of the molecule is CC1(C)c2ccccc2-c2ccc(N(c3cccc(F)c3)c3ccccc3-c3ccc4c(c3)-c3ccccc3C43C4CC5CC(C4)CC3C5)cc21. The second-order valence-electron chi connectivity index (χ2n) is 16.7. The maximum atomic E-state index is 15.1. The molecule has 1 nitrogen and oxygen atoms in total. The maximum Gasteiger partial charge on any atom is 0.125 e. The van der Waals surface area contributed by atoms with Gasteiger partial charge in [-0.2, -0.15) is 0 Å². The molecule has 4 saturated carbocycles. The molecule has 4 fully saturated rings. The summed E-state index contributed by atoms with van der Waals surface area (Å²) < 4.78 is 15.1. The molecule has 6 aliphatic rings. The van der Waals surface area contributed by atoms with Gasteiger partial charge in [-0.3, -0.25) is 0 Å². The predicted molar refractivity (Wildman–Crippen MR) is 207 cm³/mol. The molecule has 6 aromatic rings. The Labute approximate surface area is 300 Å². The summed E-state index contributed by atoms with van der Waals surface area (Å²) in [4.78, 5) is 2.26. The van der Waals surface area contributed by atoms with Gasteiger partial charge in [0.2, 0.25) is 0 Å². The van der Waals surface area contributed by atoms with Crippen LogP contribution < -0.4 is 4.90 Å². The summed E-state index contributed by atoms with van der Waals surface area (Å²) in [5.74, 6) is 3.10. The van der Waals surface area contributed by atoms with Gasteiger partial charge in [0, 0.05) is 27.8 Å². The first-order valence-corrected chi connectivity index (χ1v) is 19.0. The van der Waals surface area contributed by atoms with E-state index in [1.165, 1.54) is 77.1 Å². The smallest absolute Gasteiger partial charge is 0.125 e. The third-order valence-corrected chi connectivity index (χ3v) is 13.9. The van der Waals surface area contributed by atoms with E-state index in [0.717, 1.165) is 46.3 Å². The zero-order valence-electron chi connectivity index (χ0n) is 29.4. The van der Waals surface area contributed by atoms with E-state index in [0.29, 0.717) is 0 Å². The Hall–Kier alpha value is -4.95. The first-order valence-electron chi connectivity index (χ1n) is 19.0. The Kier molecular flexibility index (Phi) is 6.15. The number of nitrogens with zero attached hydrogens (tertiary/aromatic N) is 1. The standard InChI is InChI=1S/C49H42FN/c1-48(2)43-15-6-3-13-39(43)41-20-19-37(29-46(41)48)51(36-11-9-10-35(50)28-36)47-17-8-5-12-38(47)32-18-21-45-42(27-32)40-14-4-7-16-44(40)49(45)33-23-30-22-31(25-33)26-34(49)24-30/h3-21,27-31,33-34H,22-26H2,1-2H3. The molecule has 6 aromatic carbocycles. The van der Waals surface area contributed by atoms with Crippen LogP contribution in [0.4, 0.5) is 21.5 Å². The van der Waals surface area contributed by atoms with Crippen LogP contribution in [0.3, 0.4) is 0 Å². The largest absolute Gasteiger partial charge is 0.310 e. The molecule has 0 amide bonds. The van der Waals surface area contributed by atoms with E-state index in [-0.39, 0.29) is 16.6 Å². The van der Waals surface area contributed by atoms with Crippen molar-refractivity contribution < 1.29 is 4.39 Å². The van der Waals surface area contributed by atoms with Crippen molar-refractivity contribution in [3.8, 4) is 33.4 Å². The zero-order chi connectivity index (χ0) is 34.1. The second-order valence-corrected chi connectivity index (χ2v) is 16.7. The fraction of sp³-hybridized carbons (Fsp3) is 0.265. The molecule has 0 saturated heterocycles. The van der Waals surface area contributed by atoms with E-state index in [4.69, 9.17) is 0 Å². The quantitative estimate of drug-likeness (QED) is 0.181. The Morgan fingerprint density at radius 2 is 1.10 bits per heavy atom. The molecule has 1 spiro atoms. The highest BCUT2D eigenvalue weighted by molar-refractivity contribution is 5.93. The molecule has 2 heteroatoms. The lowest BCUT2D eigenvalue weighted by Gasteiger charge is -2.61. The van der Waals surface area contributed by atoms with Crippen molar-refractivity contribution in [3.63, 3.8) is 0 Å². The van der Waals surface area contributed by atoms with Crippen LogP contribution in [-0.2, 0) is 10.8 Å². The summed E-state index contributed by atoms with van der Waals surface area (Å²) >= 11 is 0. The Bertz CT molecular complexity index is 2370. The van der Waals surface area contributed by atoms with E-state index >= 15 is 4.39 Å². The van der Waals surface area contributed by atoms with Gasteiger partial charge in [-0.05, 0) is 148 Å².